The van der Waals surface area contributed by atoms with Gasteiger partial charge in [-0.2, -0.15) is 0 Å². The summed E-state index contributed by atoms with van der Waals surface area (Å²) in [6.07, 6.45) is 2.40. The minimum Gasteiger partial charge on any atom is -0.317 e. The van der Waals surface area contributed by atoms with Gasteiger partial charge in [-0.1, -0.05) is 18.2 Å². The Hall–Kier alpha value is -0.620. The predicted molar refractivity (Wildman–Crippen MR) is 86.6 cm³/mol. The Morgan fingerprint density at radius 1 is 1.19 bits per heavy atom. The van der Waals surface area contributed by atoms with Gasteiger partial charge in [-0.05, 0) is 43.5 Å². The molecule has 0 saturated carbocycles. The third kappa shape index (κ3) is 3.97. The second-order valence-corrected chi connectivity index (χ2v) is 7.93. The van der Waals surface area contributed by atoms with E-state index in [1.807, 2.05) is 18.2 Å². The van der Waals surface area contributed by atoms with Gasteiger partial charge in [0.25, 0.3) is 0 Å². The number of piperidine rings is 1. The van der Waals surface area contributed by atoms with Gasteiger partial charge >= 0.3 is 0 Å². The Labute approximate surface area is 133 Å². The van der Waals surface area contributed by atoms with Crippen LogP contribution in [0.2, 0.25) is 0 Å². The highest BCUT2D eigenvalue weighted by Crippen LogP contribution is 2.24. The number of hydrogen-bond acceptors (Lipinski definition) is 4. The van der Waals surface area contributed by atoms with E-state index in [0.29, 0.717) is 17.4 Å². The molecule has 0 bridgehead atoms. The lowest BCUT2D eigenvalue weighted by atomic mass is 9.97. The highest BCUT2D eigenvalue weighted by molar-refractivity contribution is 7.91. The second kappa shape index (κ2) is 7.09. The van der Waals surface area contributed by atoms with Gasteiger partial charge < -0.3 is 5.32 Å². The van der Waals surface area contributed by atoms with Crippen LogP contribution in [0, 0.1) is 5.92 Å². The molecule has 2 aliphatic heterocycles. The van der Waals surface area contributed by atoms with Crippen molar-refractivity contribution in [2.24, 2.45) is 5.92 Å². The van der Waals surface area contributed by atoms with Crippen molar-refractivity contribution in [3.8, 4) is 0 Å². The zero-order valence-electron chi connectivity index (χ0n) is 12.1. The molecule has 2 heterocycles. The van der Waals surface area contributed by atoms with Crippen LogP contribution in [-0.2, 0) is 16.4 Å². The van der Waals surface area contributed by atoms with Crippen LogP contribution >= 0.6 is 12.4 Å². The van der Waals surface area contributed by atoms with E-state index in [-0.39, 0.29) is 18.2 Å². The van der Waals surface area contributed by atoms with Gasteiger partial charge in [0.05, 0.1) is 10.6 Å². The maximum Gasteiger partial charge on any atom is 0.179 e. The fourth-order valence-electron chi connectivity index (χ4n) is 3.20. The molecule has 0 amide bonds. The minimum absolute atomic E-state index is 0. The molecule has 4 nitrogen and oxygen atoms in total. The molecule has 118 valence electrons. The van der Waals surface area contributed by atoms with Gasteiger partial charge in [-0.25, -0.2) is 8.42 Å². The van der Waals surface area contributed by atoms with Crippen molar-refractivity contribution in [3.63, 3.8) is 0 Å². The molecule has 0 spiro atoms. The monoisotopic (exact) mass is 330 g/mol. The molecule has 1 saturated heterocycles. The Morgan fingerprint density at radius 3 is 2.67 bits per heavy atom. The summed E-state index contributed by atoms with van der Waals surface area (Å²) in [5.41, 5.74) is 0.957. The van der Waals surface area contributed by atoms with Crippen molar-refractivity contribution in [3.05, 3.63) is 29.8 Å². The molecule has 1 aromatic rings. The average molecular weight is 331 g/mol. The number of fused-ring (bicyclic) bond motifs is 1. The summed E-state index contributed by atoms with van der Waals surface area (Å²) < 4.78 is 24.6. The molecular formula is C15H23ClN2O2S. The van der Waals surface area contributed by atoms with Gasteiger partial charge in [-0.15, -0.1) is 12.4 Å². The molecule has 0 unspecified atom stereocenters. The van der Waals surface area contributed by atoms with E-state index in [0.717, 1.165) is 31.7 Å². The number of nitrogens with zero attached hydrogens (tertiary/aromatic N) is 1. The van der Waals surface area contributed by atoms with Gasteiger partial charge in [0.2, 0.25) is 0 Å². The number of halogens is 1. The number of nitrogens with one attached hydrogen (secondary N) is 1. The highest BCUT2D eigenvalue weighted by atomic mass is 35.5. The topological polar surface area (TPSA) is 49.4 Å². The first-order chi connectivity index (χ1) is 9.65. The molecular weight excluding hydrogens is 308 g/mol. The maximum atomic E-state index is 12.3. The largest absolute Gasteiger partial charge is 0.317 e. The fraction of sp³-hybridized carbons (Fsp3) is 0.600. The second-order valence-electron chi connectivity index (χ2n) is 5.86. The van der Waals surface area contributed by atoms with Crippen LogP contribution in [0.25, 0.3) is 0 Å². The highest BCUT2D eigenvalue weighted by Gasteiger charge is 2.26. The summed E-state index contributed by atoms with van der Waals surface area (Å²) in [6.45, 7) is 4.62. The van der Waals surface area contributed by atoms with Crippen molar-refractivity contribution in [1.82, 2.24) is 10.2 Å². The van der Waals surface area contributed by atoms with E-state index >= 15 is 0 Å². The van der Waals surface area contributed by atoms with E-state index in [9.17, 15) is 8.42 Å². The maximum absolute atomic E-state index is 12.3. The van der Waals surface area contributed by atoms with E-state index < -0.39 is 9.84 Å². The zero-order chi connectivity index (χ0) is 14.0. The summed E-state index contributed by atoms with van der Waals surface area (Å²) >= 11 is 0. The third-order valence-electron chi connectivity index (χ3n) is 4.35. The van der Waals surface area contributed by atoms with E-state index in [2.05, 4.69) is 10.2 Å². The van der Waals surface area contributed by atoms with Gasteiger partial charge in [0.1, 0.15) is 0 Å². The lowest BCUT2D eigenvalue weighted by molar-refractivity contribution is 0.208. The first-order valence-electron chi connectivity index (χ1n) is 7.39. The zero-order valence-corrected chi connectivity index (χ0v) is 13.8. The summed E-state index contributed by atoms with van der Waals surface area (Å²) in [5.74, 6) is 0.943. The molecule has 3 rings (SSSR count). The summed E-state index contributed by atoms with van der Waals surface area (Å²) in [5, 5.41) is 3.38. The number of benzene rings is 1. The quantitative estimate of drug-likeness (QED) is 0.896. The molecule has 21 heavy (non-hydrogen) atoms. The predicted octanol–water partition coefficient (Wildman–Crippen LogP) is 1.70. The number of sulfone groups is 1. The first-order valence-corrected chi connectivity index (χ1v) is 9.04. The molecule has 0 atom stereocenters. The molecule has 1 fully saturated rings. The Kier molecular flexibility index (Phi) is 5.66. The van der Waals surface area contributed by atoms with Crippen molar-refractivity contribution in [2.45, 2.75) is 24.3 Å². The van der Waals surface area contributed by atoms with Crippen molar-refractivity contribution < 1.29 is 8.42 Å². The van der Waals surface area contributed by atoms with Crippen LogP contribution < -0.4 is 5.32 Å². The molecule has 2 aliphatic rings. The lowest BCUT2D eigenvalue weighted by Gasteiger charge is -2.29. The normalized spacial score (nSPS) is 22.9. The number of rotatable bonds is 2. The lowest BCUT2D eigenvalue weighted by Crippen LogP contribution is -2.36. The minimum atomic E-state index is -3.11. The molecule has 0 aliphatic carbocycles. The Morgan fingerprint density at radius 2 is 1.90 bits per heavy atom. The van der Waals surface area contributed by atoms with Crippen LogP contribution in [0.5, 0.6) is 0 Å². The van der Waals surface area contributed by atoms with Gasteiger partial charge in [-0.3, -0.25) is 4.90 Å². The third-order valence-corrected chi connectivity index (χ3v) is 6.14. The standard InChI is InChI=1S/C15H22N2O2S.ClH/c18-20(19)10-9-17(11-13-5-7-16-8-6-13)12-14-3-1-2-4-15(14)20;/h1-4,13,16H,5-12H2;1H. The molecule has 0 aromatic heterocycles. The molecule has 6 heteroatoms. The van der Waals surface area contributed by atoms with Gasteiger partial charge in [0, 0.05) is 19.6 Å². The fourth-order valence-corrected chi connectivity index (χ4v) is 4.74. The summed E-state index contributed by atoms with van der Waals surface area (Å²) in [4.78, 5) is 2.85. The van der Waals surface area contributed by atoms with E-state index in [4.69, 9.17) is 0 Å². The SMILES string of the molecule is Cl.O=S1(=O)CCN(CC2CCNCC2)Cc2ccccc21. The van der Waals surface area contributed by atoms with Crippen LogP contribution in [0.3, 0.4) is 0 Å². The Balaban J connectivity index is 0.00000161. The van der Waals surface area contributed by atoms with Crippen LogP contribution in [0.1, 0.15) is 18.4 Å². The summed E-state index contributed by atoms with van der Waals surface area (Å²) in [7, 11) is -3.11. The molecule has 1 aromatic carbocycles. The van der Waals surface area contributed by atoms with E-state index in [1.54, 1.807) is 6.07 Å². The van der Waals surface area contributed by atoms with Crippen LogP contribution in [0.4, 0.5) is 0 Å². The van der Waals surface area contributed by atoms with Crippen molar-refractivity contribution in [2.75, 3.05) is 31.9 Å². The van der Waals surface area contributed by atoms with Crippen LogP contribution in [0.15, 0.2) is 29.2 Å². The Bertz CT molecular complexity index is 571. The average Bonchev–Trinajstić information content (AvgIpc) is 2.58. The van der Waals surface area contributed by atoms with E-state index in [1.165, 1.54) is 12.8 Å². The molecule has 1 N–H and O–H groups in total. The molecule has 0 radical (unpaired) electrons. The first kappa shape index (κ1) is 16.7. The van der Waals surface area contributed by atoms with Crippen molar-refractivity contribution in [1.29, 1.82) is 0 Å². The number of hydrogen-bond donors (Lipinski definition) is 1. The van der Waals surface area contributed by atoms with Crippen molar-refractivity contribution >= 4 is 22.2 Å². The smallest absolute Gasteiger partial charge is 0.179 e. The summed E-state index contributed by atoms with van der Waals surface area (Å²) in [6, 6.07) is 7.45. The van der Waals surface area contributed by atoms with Crippen LogP contribution in [-0.4, -0.2) is 45.2 Å². The van der Waals surface area contributed by atoms with Gasteiger partial charge in [0.15, 0.2) is 9.84 Å².